The molecule has 0 aromatic heterocycles. The zero-order chi connectivity index (χ0) is 22.4. The van der Waals surface area contributed by atoms with Gasteiger partial charge in [0.2, 0.25) is 10.0 Å². The molecule has 1 aliphatic carbocycles. The maximum Gasteiger partial charge on any atom is 0.258 e. The molecule has 7 nitrogen and oxygen atoms in total. The highest BCUT2D eigenvalue weighted by molar-refractivity contribution is 7.89. The Morgan fingerprint density at radius 3 is 2.55 bits per heavy atom. The highest BCUT2D eigenvalue weighted by Gasteiger charge is 2.23. The Hall–Kier alpha value is -2.29. The Bertz CT molecular complexity index is 1020. The van der Waals surface area contributed by atoms with Gasteiger partial charge in [0, 0.05) is 11.6 Å². The number of nitrogens with one attached hydrogen (secondary N) is 2. The molecule has 1 atom stereocenters. The van der Waals surface area contributed by atoms with Crippen molar-refractivity contribution >= 4 is 27.5 Å². The normalized spacial score (nSPS) is 15.5. The number of carbonyl (C=O) groups excluding carboxylic acids is 1. The SMILES string of the molecule is COc1ccccc1[C@H](C)NC(=O)COc1ccc(S(=O)(=O)NC2CCCC2)cc1Cl. The van der Waals surface area contributed by atoms with Crippen molar-refractivity contribution in [2.75, 3.05) is 13.7 Å². The lowest BCUT2D eigenvalue weighted by Gasteiger charge is -2.17. The van der Waals surface area contributed by atoms with Gasteiger partial charge in [0.1, 0.15) is 11.5 Å². The van der Waals surface area contributed by atoms with Crippen molar-refractivity contribution in [3.8, 4) is 11.5 Å². The minimum atomic E-state index is -3.65. The van der Waals surface area contributed by atoms with Gasteiger partial charge < -0.3 is 14.8 Å². The molecule has 31 heavy (non-hydrogen) atoms. The lowest BCUT2D eigenvalue weighted by atomic mass is 10.1. The Labute approximate surface area is 188 Å². The van der Waals surface area contributed by atoms with Crippen molar-refractivity contribution in [3.05, 3.63) is 53.1 Å². The van der Waals surface area contributed by atoms with Crippen LogP contribution in [0.15, 0.2) is 47.4 Å². The van der Waals surface area contributed by atoms with Gasteiger partial charge in [-0.05, 0) is 44.0 Å². The van der Waals surface area contributed by atoms with Crippen molar-refractivity contribution in [1.29, 1.82) is 0 Å². The third-order valence-corrected chi connectivity index (χ3v) is 7.05. The monoisotopic (exact) mass is 466 g/mol. The van der Waals surface area contributed by atoms with Gasteiger partial charge in [0.15, 0.2) is 6.61 Å². The quantitative estimate of drug-likeness (QED) is 0.585. The van der Waals surface area contributed by atoms with Gasteiger partial charge in [0.05, 0.1) is 23.1 Å². The smallest absolute Gasteiger partial charge is 0.258 e. The van der Waals surface area contributed by atoms with Crippen LogP contribution in [0.25, 0.3) is 0 Å². The second-order valence-corrected chi connectivity index (χ2v) is 9.64. The number of hydrogen-bond acceptors (Lipinski definition) is 5. The summed E-state index contributed by atoms with van der Waals surface area (Å²) in [5, 5.41) is 2.97. The number of benzene rings is 2. The number of ether oxygens (including phenoxy) is 2. The summed E-state index contributed by atoms with van der Waals surface area (Å²) in [5.74, 6) is 0.581. The number of hydrogen-bond donors (Lipinski definition) is 2. The number of carbonyl (C=O) groups is 1. The molecule has 1 amide bonds. The van der Waals surface area contributed by atoms with Gasteiger partial charge in [-0.1, -0.05) is 42.6 Å². The molecule has 0 radical (unpaired) electrons. The molecule has 0 saturated heterocycles. The number of methoxy groups -OCH3 is 1. The molecule has 0 spiro atoms. The number of para-hydroxylation sites is 1. The van der Waals surface area contributed by atoms with E-state index < -0.39 is 10.0 Å². The largest absolute Gasteiger partial charge is 0.496 e. The predicted molar refractivity (Wildman–Crippen MR) is 119 cm³/mol. The van der Waals surface area contributed by atoms with Crippen LogP contribution in [0.3, 0.4) is 0 Å². The van der Waals surface area contributed by atoms with Crippen molar-refractivity contribution in [2.45, 2.75) is 49.6 Å². The molecule has 0 heterocycles. The van der Waals surface area contributed by atoms with Crippen LogP contribution in [0.5, 0.6) is 11.5 Å². The van der Waals surface area contributed by atoms with E-state index in [9.17, 15) is 13.2 Å². The highest BCUT2D eigenvalue weighted by atomic mass is 35.5. The molecule has 0 bridgehead atoms. The van der Waals surface area contributed by atoms with Crippen molar-refractivity contribution in [1.82, 2.24) is 10.0 Å². The van der Waals surface area contributed by atoms with Crippen LogP contribution < -0.4 is 19.5 Å². The van der Waals surface area contributed by atoms with Crippen LogP contribution in [0, 0.1) is 0 Å². The lowest BCUT2D eigenvalue weighted by Crippen LogP contribution is -2.32. The second kappa shape index (κ2) is 10.3. The molecule has 0 unspecified atom stereocenters. The van der Waals surface area contributed by atoms with Crippen molar-refractivity contribution in [2.24, 2.45) is 0 Å². The van der Waals surface area contributed by atoms with E-state index in [1.165, 1.54) is 18.2 Å². The van der Waals surface area contributed by atoms with Crippen molar-refractivity contribution < 1.29 is 22.7 Å². The maximum absolute atomic E-state index is 12.5. The van der Waals surface area contributed by atoms with Gasteiger partial charge in [0.25, 0.3) is 5.91 Å². The number of rotatable bonds is 9. The van der Waals surface area contributed by atoms with Gasteiger partial charge >= 0.3 is 0 Å². The van der Waals surface area contributed by atoms with Crippen LogP contribution in [0.2, 0.25) is 5.02 Å². The average molecular weight is 467 g/mol. The zero-order valence-corrected chi connectivity index (χ0v) is 19.1. The van der Waals surface area contributed by atoms with Crippen LogP contribution in [0.1, 0.15) is 44.2 Å². The Morgan fingerprint density at radius 2 is 1.87 bits per heavy atom. The predicted octanol–water partition coefficient (Wildman–Crippen LogP) is 3.83. The van der Waals surface area contributed by atoms with Gasteiger partial charge in [-0.25, -0.2) is 13.1 Å². The van der Waals surface area contributed by atoms with Crippen LogP contribution in [-0.2, 0) is 14.8 Å². The number of sulfonamides is 1. The van der Waals surface area contributed by atoms with E-state index in [4.69, 9.17) is 21.1 Å². The van der Waals surface area contributed by atoms with E-state index in [1.807, 2.05) is 31.2 Å². The molecule has 168 valence electrons. The summed E-state index contributed by atoms with van der Waals surface area (Å²) in [4.78, 5) is 12.4. The molecule has 2 aromatic carbocycles. The fraction of sp³-hybridized carbons (Fsp3) is 0.409. The lowest BCUT2D eigenvalue weighted by molar-refractivity contribution is -0.123. The topological polar surface area (TPSA) is 93.7 Å². The third kappa shape index (κ3) is 6.12. The van der Waals surface area contributed by atoms with E-state index >= 15 is 0 Å². The minimum absolute atomic E-state index is 0.0337. The van der Waals surface area contributed by atoms with E-state index in [-0.39, 0.29) is 40.3 Å². The highest BCUT2D eigenvalue weighted by Crippen LogP contribution is 2.29. The summed E-state index contributed by atoms with van der Waals surface area (Å²) in [6.45, 7) is 1.59. The molecule has 1 aliphatic rings. The summed E-state index contributed by atoms with van der Waals surface area (Å²) in [5.41, 5.74) is 0.848. The van der Waals surface area contributed by atoms with Crippen LogP contribution >= 0.6 is 11.6 Å². The first kappa shape index (κ1) is 23.4. The Morgan fingerprint density at radius 1 is 1.16 bits per heavy atom. The number of amides is 1. The van der Waals surface area contributed by atoms with Gasteiger partial charge in [-0.2, -0.15) is 0 Å². The Balaban J connectivity index is 1.58. The molecular weight excluding hydrogens is 440 g/mol. The summed E-state index contributed by atoms with van der Waals surface area (Å²) in [6.07, 6.45) is 3.74. The van der Waals surface area contributed by atoms with Crippen LogP contribution in [-0.4, -0.2) is 34.1 Å². The molecule has 1 saturated carbocycles. The molecule has 2 N–H and O–H groups in total. The minimum Gasteiger partial charge on any atom is -0.496 e. The summed E-state index contributed by atoms with van der Waals surface area (Å²) in [6, 6.07) is 11.3. The van der Waals surface area contributed by atoms with E-state index in [2.05, 4.69) is 10.0 Å². The first-order valence-electron chi connectivity index (χ1n) is 10.2. The summed E-state index contributed by atoms with van der Waals surface area (Å²) < 4.78 is 38.6. The number of halogens is 1. The van der Waals surface area contributed by atoms with E-state index in [1.54, 1.807) is 7.11 Å². The fourth-order valence-corrected chi connectivity index (χ4v) is 5.26. The second-order valence-electron chi connectivity index (χ2n) is 7.51. The zero-order valence-electron chi connectivity index (χ0n) is 17.6. The average Bonchev–Trinajstić information content (AvgIpc) is 3.25. The molecule has 0 aliphatic heterocycles. The van der Waals surface area contributed by atoms with E-state index in [0.29, 0.717) is 5.75 Å². The molecule has 2 aromatic rings. The summed E-state index contributed by atoms with van der Waals surface area (Å²) in [7, 11) is -2.07. The maximum atomic E-state index is 12.5. The molecule has 9 heteroatoms. The molecule has 3 rings (SSSR count). The summed E-state index contributed by atoms with van der Waals surface area (Å²) >= 11 is 6.21. The first-order valence-corrected chi connectivity index (χ1v) is 12.0. The molecular formula is C22H27ClN2O5S. The van der Waals surface area contributed by atoms with Gasteiger partial charge in [-0.15, -0.1) is 0 Å². The van der Waals surface area contributed by atoms with Crippen molar-refractivity contribution in [3.63, 3.8) is 0 Å². The fourth-order valence-electron chi connectivity index (χ4n) is 3.63. The Kier molecular flexibility index (Phi) is 7.80. The van der Waals surface area contributed by atoms with Gasteiger partial charge in [-0.3, -0.25) is 4.79 Å². The van der Waals surface area contributed by atoms with E-state index in [0.717, 1.165) is 31.2 Å². The third-order valence-electron chi connectivity index (χ3n) is 5.23. The first-order chi connectivity index (χ1) is 14.8. The van der Waals surface area contributed by atoms with Crippen LogP contribution in [0.4, 0.5) is 0 Å². The standard InChI is InChI=1S/C22H27ClN2O5S/c1-15(18-9-5-6-10-20(18)29-2)24-22(26)14-30-21-12-11-17(13-19(21)23)31(27,28)25-16-7-3-4-8-16/h5-6,9-13,15-16,25H,3-4,7-8,14H2,1-2H3,(H,24,26)/t15-/m0/s1. The molecule has 1 fully saturated rings.